The standard InChI is InChI=1S/C16H31N/c1-4-17-16(11-14-6-5-7-14)15-9-8-12(2)13(3)10-15/h12-17H,4-11H2,1-3H3. The average molecular weight is 237 g/mol. The summed E-state index contributed by atoms with van der Waals surface area (Å²) in [5, 5.41) is 3.79. The van der Waals surface area contributed by atoms with Crippen LogP contribution in [0.4, 0.5) is 0 Å². The molecule has 0 amide bonds. The summed E-state index contributed by atoms with van der Waals surface area (Å²) in [6.07, 6.45) is 10.3. The van der Waals surface area contributed by atoms with Crippen LogP contribution in [0.2, 0.25) is 0 Å². The van der Waals surface area contributed by atoms with Crippen LogP contribution in [0, 0.1) is 23.7 Å². The molecule has 0 saturated heterocycles. The zero-order chi connectivity index (χ0) is 12.3. The van der Waals surface area contributed by atoms with Gasteiger partial charge in [0, 0.05) is 6.04 Å². The van der Waals surface area contributed by atoms with Crippen molar-refractivity contribution in [2.24, 2.45) is 23.7 Å². The van der Waals surface area contributed by atoms with Gasteiger partial charge in [-0.2, -0.15) is 0 Å². The molecule has 1 N–H and O–H groups in total. The van der Waals surface area contributed by atoms with Crippen LogP contribution in [0.3, 0.4) is 0 Å². The van der Waals surface area contributed by atoms with Crippen LogP contribution in [-0.2, 0) is 0 Å². The number of rotatable bonds is 5. The molecular formula is C16H31N. The molecule has 0 aromatic rings. The van der Waals surface area contributed by atoms with Crippen LogP contribution >= 0.6 is 0 Å². The van der Waals surface area contributed by atoms with Gasteiger partial charge in [0.25, 0.3) is 0 Å². The molecule has 0 spiro atoms. The highest BCUT2D eigenvalue weighted by Crippen LogP contribution is 2.39. The van der Waals surface area contributed by atoms with Crippen LogP contribution in [0.15, 0.2) is 0 Å². The predicted molar refractivity (Wildman–Crippen MR) is 75.1 cm³/mol. The summed E-state index contributed by atoms with van der Waals surface area (Å²) in [4.78, 5) is 0. The van der Waals surface area contributed by atoms with Gasteiger partial charge in [-0.25, -0.2) is 0 Å². The van der Waals surface area contributed by atoms with Gasteiger partial charge in [-0.15, -0.1) is 0 Å². The minimum atomic E-state index is 0.820. The molecule has 0 bridgehead atoms. The van der Waals surface area contributed by atoms with Gasteiger partial charge in [0.1, 0.15) is 0 Å². The van der Waals surface area contributed by atoms with E-state index in [-0.39, 0.29) is 0 Å². The molecule has 2 saturated carbocycles. The minimum absolute atomic E-state index is 0.820. The van der Waals surface area contributed by atoms with Crippen molar-refractivity contribution in [3.05, 3.63) is 0 Å². The second-order valence-corrected chi connectivity index (χ2v) is 6.72. The molecule has 2 aliphatic carbocycles. The lowest BCUT2D eigenvalue weighted by Crippen LogP contribution is -2.41. The molecule has 0 aromatic heterocycles. The van der Waals surface area contributed by atoms with Crippen LogP contribution in [0.25, 0.3) is 0 Å². The van der Waals surface area contributed by atoms with Gasteiger partial charge in [-0.1, -0.05) is 46.5 Å². The summed E-state index contributed by atoms with van der Waals surface area (Å²) in [5.41, 5.74) is 0. The molecule has 0 radical (unpaired) electrons. The van der Waals surface area contributed by atoms with Crippen molar-refractivity contribution >= 4 is 0 Å². The highest BCUT2D eigenvalue weighted by atomic mass is 14.9. The lowest BCUT2D eigenvalue weighted by atomic mass is 9.70. The molecular weight excluding hydrogens is 206 g/mol. The Morgan fingerprint density at radius 3 is 2.35 bits per heavy atom. The summed E-state index contributed by atoms with van der Waals surface area (Å²) in [7, 11) is 0. The van der Waals surface area contributed by atoms with E-state index in [2.05, 4.69) is 26.1 Å². The van der Waals surface area contributed by atoms with E-state index in [0.717, 1.165) is 36.3 Å². The Labute approximate surface area is 108 Å². The van der Waals surface area contributed by atoms with Crippen molar-refractivity contribution in [2.45, 2.75) is 71.8 Å². The Balaban J connectivity index is 1.85. The molecule has 0 aromatic carbocycles. The molecule has 2 aliphatic rings. The highest BCUT2D eigenvalue weighted by Gasteiger charge is 2.32. The number of nitrogens with one attached hydrogen (secondary N) is 1. The first-order chi connectivity index (χ1) is 8.20. The van der Waals surface area contributed by atoms with E-state index in [0.29, 0.717) is 0 Å². The van der Waals surface area contributed by atoms with Crippen LogP contribution < -0.4 is 5.32 Å². The highest BCUT2D eigenvalue weighted by molar-refractivity contribution is 4.86. The molecule has 1 nitrogen and oxygen atoms in total. The Hall–Kier alpha value is -0.0400. The molecule has 4 unspecified atom stereocenters. The Morgan fingerprint density at radius 1 is 1.06 bits per heavy atom. The van der Waals surface area contributed by atoms with E-state index < -0.39 is 0 Å². The van der Waals surface area contributed by atoms with Crippen molar-refractivity contribution in [1.82, 2.24) is 5.32 Å². The van der Waals surface area contributed by atoms with Gasteiger partial charge in [0.2, 0.25) is 0 Å². The van der Waals surface area contributed by atoms with Crippen molar-refractivity contribution < 1.29 is 0 Å². The third-order valence-electron chi connectivity index (χ3n) is 5.49. The minimum Gasteiger partial charge on any atom is -0.314 e. The van der Waals surface area contributed by atoms with E-state index in [1.165, 1.54) is 44.9 Å². The van der Waals surface area contributed by atoms with Crippen molar-refractivity contribution in [3.8, 4) is 0 Å². The smallest absolute Gasteiger partial charge is 0.00979 e. The third-order valence-corrected chi connectivity index (χ3v) is 5.49. The molecule has 2 rings (SSSR count). The van der Waals surface area contributed by atoms with Crippen molar-refractivity contribution in [1.29, 1.82) is 0 Å². The second kappa shape index (κ2) is 6.22. The summed E-state index contributed by atoms with van der Waals surface area (Å²) < 4.78 is 0. The van der Waals surface area contributed by atoms with E-state index in [1.54, 1.807) is 0 Å². The molecule has 1 heteroatoms. The van der Waals surface area contributed by atoms with Gasteiger partial charge in [0.05, 0.1) is 0 Å². The second-order valence-electron chi connectivity index (χ2n) is 6.72. The molecule has 100 valence electrons. The third kappa shape index (κ3) is 3.47. The maximum atomic E-state index is 3.79. The van der Waals surface area contributed by atoms with Crippen LogP contribution in [0.1, 0.15) is 65.7 Å². The van der Waals surface area contributed by atoms with E-state index in [1.807, 2.05) is 0 Å². The largest absolute Gasteiger partial charge is 0.314 e. The SMILES string of the molecule is CCNC(CC1CCC1)C1CCC(C)C(C)C1. The Bertz CT molecular complexity index is 222. The summed E-state index contributed by atoms with van der Waals surface area (Å²) in [6, 6.07) is 0.820. The van der Waals surface area contributed by atoms with Gasteiger partial charge in [0.15, 0.2) is 0 Å². The number of hydrogen-bond acceptors (Lipinski definition) is 1. The predicted octanol–water partition coefficient (Wildman–Crippen LogP) is 4.23. The fourth-order valence-corrected chi connectivity index (χ4v) is 3.75. The lowest BCUT2D eigenvalue weighted by Gasteiger charge is -2.39. The van der Waals surface area contributed by atoms with Crippen LogP contribution in [-0.4, -0.2) is 12.6 Å². The molecule has 17 heavy (non-hydrogen) atoms. The van der Waals surface area contributed by atoms with Crippen molar-refractivity contribution in [3.63, 3.8) is 0 Å². The summed E-state index contributed by atoms with van der Waals surface area (Å²) >= 11 is 0. The molecule has 0 heterocycles. The topological polar surface area (TPSA) is 12.0 Å². The van der Waals surface area contributed by atoms with E-state index in [4.69, 9.17) is 0 Å². The average Bonchev–Trinajstić information content (AvgIpc) is 2.25. The zero-order valence-electron chi connectivity index (χ0n) is 12.0. The summed E-state index contributed by atoms with van der Waals surface area (Å²) in [6.45, 7) is 8.32. The van der Waals surface area contributed by atoms with Gasteiger partial charge in [-0.3, -0.25) is 0 Å². The monoisotopic (exact) mass is 237 g/mol. The van der Waals surface area contributed by atoms with Gasteiger partial charge in [-0.05, 0) is 49.5 Å². The fourth-order valence-electron chi connectivity index (χ4n) is 3.75. The van der Waals surface area contributed by atoms with E-state index >= 15 is 0 Å². The first kappa shape index (κ1) is 13.4. The maximum Gasteiger partial charge on any atom is 0.00979 e. The van der Waals surface area contributed by atoms with Crippen LogP contribution in [0.5, 0.6) is 0 Å². The molecule has 2 fully saturated rings. The van der Waals surface area contributed by atoms with Gasteiger partial charge < -0.3 is 5.32 Å². The Kier molecular flexibility index (Phi) is 4.90. The lowest BCUT2D eigenvalue weighted by molar-refractivity contribution is 0.143. The fraction of sp³-hybridized carbons (Fsp3) is 1.00. The molecule has 0 aliphatic heterocycles. The maximum absolute atomic E-state index is 3.79. The molecule has 4 atom stereocenters. The normalized spacial score (nSPS) is 36.5. The Morgan fingerprint density at radius 2 is 1.82 bits per heavy atom. The van der Waals surface area contributed by atoms with Crippen molar-refractivity contribution in [2.75, 3.05) is 6.54 Å². The zero-order valence-corrected chi connectivity index (χ0v) is 12.0. The summed E-state index contributed by atoms with van der Waals surface area (Å²) in [5.74, 6) is 3.91. The van der Waals surface area contributed by atoms with Gasteiger partial charge >= 0.3 is 0 Å². The number of hydrogen-bond donors (Lipinski definition) is 1. The quantitative estimate of drug-likeness (QED) is 0.754. The first-order valence-corrected chi connectivity index (χ1v) is 7.94. The first-order valence-electron chi connectivity index (χ1n) is 7.94. The van der Waals surface area contributed by atoms with E-state index in [9.17, 15) is 0 Å².